The Morgan fingerprint density at radius 3 is 2.67 bits per heavy atom. The zero-order valence-electron chi connectivity index (χ0n) is 7.96. The summed E-state index contributed by atoms with van der Waals surface area (Å²) in [6, 6.07) is 2.26. The van der Waals surface area contributed by atoms with E-state index in [-0.39, 0.29) is 6.04 Å². The average Bonchev–Trinajstić information content (AvgIpc) is 2.08. The van der Waals surface area contributed by atoms with Crippen molar-refractivity contribution >= 4 is 0 Å². The van der Waals surface area contributed by atoms with Gasteiger partial charge in [-0.3, -0.25) is 4.98 Å². The molecule has 0 spiro atoms. The van der Waals surface area contributed by atoms with Crippen molar-refractivity contribution in [3.8, 4) is 0 Å². The Labute approximate surface area is 73.8 Å². The quantitative estimate of drug-likeness (QED) is 0.727. The fraction of sp³-hybridized carbons (Fsp3) is 0.500. The zero-order chi connectivity index (χ0) is 9.14. The highest BCUT2D eigenvalue weighted by atomic mass is 14.7. The topological polar surface area (TPSA) is 38.9 Å². The lowest BCUT2D eigenvalue weighted by atomic mass is 10.1. The van der Waals surface area contributed by atoms with Crippen LogP contribution >= 0.6 is 0 Å². The smallest absolute Gasteiger partial charge is 0.0402 e. The van der Waals surface area contributed by atoms with E-state index in [4.69, 9.17) is 5.73 Å². The second-order valence-corrected chi connectivity index (χ2v) is 3.19. The summed E-state index contributed by atoms with van der Waals surface area (Å²) < 4.78 is 0. The number of pyridine rings is 1. The predicted octanol–water partition coefficient (Wildman–Crippen LogP) is 2.11. The first-order valence-electron chi connectivity index (χ1n) is 4.34. The molecule has 0 amide bonds. The Kier molecular flexibility index (Phi) is 2.82. The Bertz CT molecular complexity index is 269. The van der Waals surface area contributed by atoms with Crippen molar-refractivity contribution in [2.75, 3.05) is 0 Å². The third-order valence-corrected chi connectivity index (χ3v) is 2.23. The van der Waals surface area contributed by atoms with Crippen LogP contribution < -0.4 is 5.73 Å². The van der Waals surface area contributed by atoms with Gasteiger partial charge in [0, 0.05) is 17.9 Å². The first-order valence-corrected chi connectivity index (χ1v) is 4.34. The van der Waals surface area contributed by atoms with Gasteiger partial charge in [-0.05, 0) is 31.4 Å². The number of nitrogens with zero attached hydrogens (tertiary/aromatic N) is 1. The van der Waals surface area contributed by atoms with Crippen LogP contribution in [0.4, 0.5) is 0 Å². The SMILES string of the molecule is CCC(N)c1cnc(C)c(C)c1. The lowest BCUT2D eigenvalue weighted by molar-refractivity contribution is 0.693. The maximum Gasteiger partial charge on any atom is 0.0402 e. The van der Waals surface area contributed by atoms with Gasteiger partial charge in [-0.1, -0.05) is 13.0 Å². The fourth-order valence-electron chi connectivity index (χ4n) is 1.10. The van der Waals surface area contributed by atoms with Gasteiger partial charge in [0.2, 0.25) is 0 Å². The molecule has 1 aromatic heterocycles. The van der Waals surface area contributed by atoms with Gasteiger partial charge in [0.1, 0.15) is 0 Å². The van der Waals surface area contributed by atoms with Gasteiger partial charge in [0.15, 0.2) is 0 Å². The second kappa shape index (κ2) is 3.68. The minimum atomic E-state index is 0.136. The van der Waals surface area contributed by atoms with Crippen LogP contribution in [0.5, 0.6) is 0 Å². The van der Waals surface area contributed by atoms with E-state index in [1.807, 2.05) is 13.1 Å². The van der Waals surface area contributed by atoms with Crippen molar-refractivity contribution in [2.24, 2.45) is 5.73 Å². The molecule has 1 heterocycles. The highest BCUT2D eigenvalue weighted by Gasteiger charge is 2.04. The number of hydrogen-bond donors (Lipinski definition) is 1. The molecule has 1 rings (SSSR count). The van der Waals surface area contributed by atoms with Crippen molar-refractivity contribution in [3.63, 3.8) is 0 Å². The molecule has 1 aromatic rings. The molecule has 0 bridgehead atoms. The monoisotopic (exact) mass is 164 g/mol. The minimum absolute atomic E-state index is 0.136. The van der Waals surface area contributed by atoms with Crippen LogP contribution in [0.2, 0.25) is 0 Å². The van der Waals surface area contributed by atoms with Gasteiger partial charge in [-0.2, -0.15) is 0 Å². The first kappa shape index (κ1) is 9.20. The van der Waals surface area contributed by atoms with Crippen LogP contribution in [-0.4, -0.2) is 4.98 Å². The Morgan fingerprint density at radius 1 is 1.50 bits per heavy atom. The molecule has 66 valence electrons. The molecule has 1 unspecified atom stereocenters. The van der Waals surface area contributed by atoms with E-state index >= 15 is 0 Å². The number of aryl methyl sites for hydroxylation is 2. The van der Waals surface area contributed by atoms with Crippen LogP contribution in [0, 0.1) is 13.8 Å². The van der Waals surface area contributed by atoms with Crippen LogP contribution in [0.1, 0.15) is 36.2 Å². The number of rotatable bonds is 2. The van der Waals surface area contributed by atoms with Crippen molar-refractivity contribution in [2.45, 2.75) is 33.2 Å². The van der Waals surface area contributed by atoms with Gasteiger partial charge in [-0.25, -0.2) is 0 Å². The number of aromatic nitrogens is 1. The predicted molar refractivity (Wildman–Crippen MR) is 50.9 cm³/mol. The molecule has 1 atom stereocenters. The van der Waals surface area contributed by atoms with Crippen molar-refractivity contribution in [1.82, 2.24) is 4.98 Å². The van der Waals surface area contributed by atoms with Gasteiger partial charge in [0.05, 0.1) is 0 Å². The van der Waals surface area contributed by atoms with Gasteiger partial charge < -0.3 is 5.73 Å². The van der Waals surface area contributed by atoms with Crippen molar-refractivity contribution in [1.29, 1.82) is 0 Å². The molecule has 0 aliphatic carbocycles. The zero-order valence-corrected chi connectivity index (χ0v) is 7.96. The lowest BCUT2D eigenvalue weighted by Crippen LogP contribution is -2.09. The molecule has 0 radical (unpaired) electrons. The molecular weight excluding hydrogens is 148 g/mol. The summed E-state index contributed by atoms with van der Waals surface area (Å²) in [5, 5.41) is 0. The maximum atomic E-state index is 5.87. The minimum Gasteiger partial charge on any atom is -0.324 e. The molecule has 0 saturated carbocycles. The Morgan fingerprint density at radius 2 is 2.17 bits per heavy atom. The van der Waals surface area contributed by atoms with Gasteiger partial charge >= 0.3 is 0 Å². The van der Waals surface area contributed by atoms with E-state index in [0.29, 0.717) is 0 Å². The third kappa shape index (κ3) is 1.83. The molecule has 0 aliphatic heterocycles. The van der Waals surface area contributed by atoms with E-state index in [9.17, 15) is 0 Å². The molecule has 12 heavy (non-hydrogen) atoms. The summed E-state index contributed by atoms with van der Waals surface area (Å²) >= 11 is 0. The van der Waals surface area contributed by atoms with E-state index in [2.05, 4.69) is 24.9 Å². The average molecular weight is 164 g/mol. The fourth-order valence-corrected chi connectivity index (χ4v) is 1.10. The largest absolute Gasteiger partial charge is 0.324 e. The standard InChI is InChI=1S/C10H16N2/c1-4-10(11)9-5-7(2)8(3)12-6-9/h5-6,10H,4,11H2,1-3H3. The van der Waals surface area contributed by atoms with E-state index in [1.165, 1.54) is 5.56 Å². The molecular formula is C10H16N2. The van der Waals surface area contributed by atoms with Crippen molar-refractivity contribution in [3.05, 3.63) is 29.1 Å². The normalized spacial score (nSPS) is 13.0. The molecule has 2 nitrogen and oxygen atoms in total. The number of nitrogens with two attached hydrogens (primary N) is 1. The first-order chi connectivity index (χ1) is 5.65. The highest BCUT2D eigenvalue weighted by Crippen LogP contribution is 2.14. The number of hydrogen-bond acceptors (Lipinski definition) is 2. The van der Waals surface area contributed by atoms with Crippen LogP contribution in [-0.2, 0) is 0 Å². The molecule has 0 aliphatic rings. The third-order valence-electron chi connectivity index (χ3n) is 2.23. The van der Waals surface area contributed by atoms with E-state index in [0.717, 1.165) is 17.7 Å². The molecule has 0 fully saturated rings. The summed E-state index contributed by atoms with van der Waals surface area (Å²) in [7, 11) is 0. The van der Waals surface area contributed by atoms with Crippen molar-refractivity contribution < 1.29 is 0 Å². The summed E-state index contributed by atoms with van der Waals surface area (Å²) in [4.78, 5) is 4.27. The van der Waals surface area contributed by atoms with Crippen LogP contribution in [0.15, 0.2) is 12.3 Å². The Balaban J connectivity index is 2.96. The van der Waals surface area contributed by atoms with Crippen LogP contribution in [0.25, 0.3) is 0 Å². The van der Waals surface area contributed by atoms with Crippen LogP contribution in [0.3, 0.4) is 0 Å². The molecule has 0 aromatic carbocycles. The maximum absolute atomic E-state index is 5.87. The summed E-state index contributed by atoms with van der Waals surface area (Å²) in [5.74, 6) is 0. The highest BCUT2D eigenvalue weighted by molar-refractivity contribution is 5.24. The molecule has 2 N–H and O–H groups in total. The Hall–Kier alpha value is -0.890. The lowest BCUT2D eigenvalue weighted by Gasteiger charge is -2.09. The second-order valence-electron chi connectivity index (χ2n) is 3.19. The summed E-state index contributed by atoms with van der Waals surface area (Å²) in [6.45, 7) is 6.16. The molecule has 0 saturated heterocycles. The summed E-state index contributed by atoms with van der Waals surface area (Å²) in [6.07, 6.45) is 2.83. The van der Waals surface area contributed by atoms with E-state index in [1.54, 1.807) is 0 Å². The summed E-state index contributed by atoms with van der Waals surface area (Å²) in [5.41, 5.74) is 9.32. The van der Waals surface area contributed by atoms with E-state index < -0.39 is 0 Å². The van der Waals surface area contributed by atoms with Gasteiger partial charge in [-0.15, -0.1) is 0 Å². The van der Waals surface area contributed by atoms with Gasteiger partial charge in [0.25, 0.3) is 0 Å². The molecule has 2 heteroatoms.